The van der Waals surface area contributed by atoms with E-state index in [2.05, 4.69) is 41.2 Å². The first-order chi connectivity index (χ1) is 10.7. The molecule has 3 nitrogen and oxygen atoms in total. The average Bonchev–Trinajstić information content (AvgIpc) is 2.55. The van der Waals surface area contributed by atoms with Gasteiger partial charge in [-0.1, -0.05) is 31.2 Å². The number of hydrogen-bond donors (Lipinski definition) is 0. The highest BCUT2D eigenvalue weighted by Gasteiger charge is 2.16. The van der Waals surface area contributed by atoms with Crippen molar-refractivity contribution in [3.63, 3.8) is 0 Å². The molecule has 0 fully saturated rings. The van der Waals surface area contributed by atoms with E-state index in [1.165, 1.54) is 5.57 Å². The molecule has 0 N–H and O–H groups in total. The number of allylic oxidation sites excluding steroid dienone is 8. The van der Waals surface area contributed by atoms with Crippen molar-refractivity contribution in [2.24, 2.45) is 0 Å². The lowest BCUT2D eigenvalue weighted by molar-refractivity contribution is 0.104. The van der Waals surface area contributed by atoms with Crippen LogP contribution in [0.5, 0.6) is 0 Å². The molecule has 0 bridgehead atoms. The van der Waals surface area contributed by atoms with Gasteiger partial charge in [-0.25, -0.2) is 0 Å². The van der Waals surface area contributed by atoms with Crippen molar-refractivity contribution in [1.29, 1.82) is 0 Å². The Labute approximate surface area is 130 Å². The quantitative estimate of drug-likeness (QED) is 0.828. The normalized spacial score (nSPS) is 20.5. The minimum atomic E-state index is -0.0365. The summed E-state index contributed by atoms with van der Waals surface area (Å²) in [6.07, 6.45) is 16.6. The predicted molar refractivity (Wildman–Crippen MR) is 89.0 cm³/mol. The SMILES string of the molecule is CCC1=CN(C)/C(=C/C=C2/C=CC(=O)c3ncccc32)C=C1. The first-order valence-electron chi connectivity index (χ1n) is 7.40. The van der Waals surface area contributed by atoms with Crippen LogP contribution in [-0.4, -0.2) is 22.7 Å². The fourth-order valence-corrected chi connectivity index (χ4v) is 2.55. The molecule has 1 aliphatic heterocycles. The summed E-state index contributed by atoms with van der Waals surface area (Å²) in [7, 11) is 2.04. The molecule has 22 heavy (non-hydrogen) atoms. The summed E-state index contributed by atoms with van der Waals surface area (Å²) in [4.78, 5) is 18.1. The molecule has 0 amide bonds. The standard InChI is InChI=1S/C19H18N2O/c1-3-14-6-9-16(21(2)13-14)10-7-15-8-11-18(22)19-17(15)5-4-12-20-19/h4-13H,3H2,1-2H3/b15-7-,16-10+. The Hall–Kier alpha value is -2.68. The third-order valence-electron chi connectivity index (χ3n) is 3.84. The van der Waals surface area contributed by atoms with Crippen LogP contribution in [0.15, 0.2) is 72.3 Å². The molecule has 110 valence electrons. The van der Waals surface area contributed by atoms with Gasteiger partial charge < -0.3 is 4.90 Å². The van der Waals surface area contributed by atoms with Crippen molar-refractivity contribution in [3.8, 4) is 0 Å². The molecular weight excluding hydrogens is 272 g/mol. The lowest BCUT2D eigenvalue weighted by Gasteiger charge is -2.20. The maximum absolute atomic E-state index is 11.8. The van der Waals surface area contributed by atoms with Crippen molar-refractivity contribution in [2.75, 3.05) is 7.05 Å². The number of pyridine rings is 1. The van der Waals surface area contributed by atoms with Crippen molar-refractivity contribution in [1.82, 2.24) is 9.88 Å². The van der Waals surface area contributed by atoms with Crippen molar-refractivity contribution >= 4 is 11.4 Å². The van der Waals surface area contributed by atoms with Gasteiger partial charge in [0.2, 0.25) is 5.78 Å². The number of fused-ring (bicyclic) bond motifs is 1. The molecule has 3 heteroatoms. The average molecular weight is 290 g/mol. The molecule has 0 radical (unpaired) electrons. The number of rotatable bonds is 2. The second-order valence-corrected chi connectivity index (χ2v) is 5.31. The fraction of sp³-hybridized carbons (Fsp3) is 0.158. The van der Waals surface area contributed by atoms with Crippen LogP contribution in [0.2, 0.25) is 0 Å². The molecule has 1 aromatic heterocycles. The molecule has 0 aromatic carbocycles. The number of likely N-dealkylation sites (N-methyl/N-ethyl adjacent to an activating group) is 1. The number of ketones is 1. The second kappa shape index (κ2) is 5.98. The van der Waals surface area contributed by atoms with E-state index in [1.807, 2.05) is 31.3 Å². The highest BCUT2D eigenvalue weighted by molar-refractivity contribution is 6.11. The number of nitrogens with zero attached hydrogens (tertiary/aromatic N) is 2. The van der Waals surface area contributed by atoms with Crippen LogP contribution in [0.4, 0.5) is 0 Å². The number of aromatic nitrogens is 1. The van der Waals surface area contributed by atoms with E-state index in [0.717, 1.165) is 23.3 Å². The molecule has 0 saturated carbocycles. The zero-order valence-corrected chi connectivity index (χ0v) is 12.8. The molecule has 1 aromatic rings. The number of carbonyl (C=O) groups excluding carboxylic acids is 1. The summed E-state index contributed by atoms with van der Waals surface area (Å²) in [5, 5.41) is 0. The Bertz CT molecular complexity index is 763. The lowest BCUT2D eigenvalue weighted by Crippen LogP contribution is -2.12. The van der Waals surface area contributed by atoms with Crippen molar-refractivity contribution < 1.29 is 4.79 Å². The predicted octanol–water partition coefficient (Wildman–Crippen LogP) is 3.90. The summed E-state index contributed by atoms with van der Waals surface area (Å²) in [5.74, 6) is -0.0365. The highest BCUT2D eigenvalue weighted by atomic mass is 16.1. The smallest absolute Gasteiger partial charge is 0.204 e. The Morgan fingerprint density at radius 1 is 1.18 bits per heavy atom. The largest absolute Gasteiger partial charge is 0.351 e. The molecule has 0 unspecified atom stereocenters. The molecule has 2 aliphatic rings. The van der Waals surface area contributed by atoms with Crippen molar-refractivity contribution in [2.45, 2.75) is 13.3 Å². The molecule has 1 aliphatic carbocycles. The summed E-state index contributed by atoms with van der Waals surface area (Å²) in [5.41, 5.74) is 4.84. The molecule has 2 heterocycles. The molecule has 0 spiro atoms. The van der Waals surface area contributed by atoms with E-state index >= 15 is 0 Å². The maximum Gasteiger partial charge on any atom is 0.204 e. The van der Waals surface area contributed by atoms with Gasteiger partial charge in [-0.15, -0.1) is 0 Å². The van der Waals surface area contributed by atoms with Crippen LogP contribution in [-0.2, 0) is 0 Å². The Balaban J connectivity index is 1.93. The minimum absolute atomic E-state index is 0.0365. The van der Waals surface area contributed by atoms with Gasteiger partial charge in [0, 0.05) is 30.7 Å². The van der Waals surface area contributed by atoms with Gasteiger partial charge in [-0.3, -0.25) is 9.78 Å². The third-order valence-corrected chi connectivity index (χ3v) is 3.84. The maximum atomic E-state index is 11.8. The minimum Gasteiger partial charge on any atom is -0.351 e. The second-order valence-electron chi connectivity index (χ2n) is 5.31. The van der Waals surface area contributed by atoms with Gasteiger partial charge in [0.05, 0.1) is 0 Å². The Morgan fingerprint density at radius 3 is 2.82 bits per heavy atom. The van der Waals surface area contributed by atoms with Crippen LogP contribution >= 0.6 is 0 Å². The molecule has 0 saturated heterocycles. The van der Waals surface area contributed by atoms with E-state index in [-0.39, 0.29) is 5.78 Å². The van der Waals surface area contributed by atoms with E-state index < -0.39 is 0 Å². The van der Waals surface area contributed by atoms with Gasteiger partial charge >= 0.3 is 0 Å². The first kappa shape index (κ1) is 14.3. The van der Waals surface area contributed by atoms with Crippen LogP contribution in [0.3, 0.4) is 0 Å². The van der Waals surface area contributed by atoms with Crippen LogP contribution in [0, 0.1) is 0 Å². The summed E-state index contributed by atoms with van der Waals surface area (Å²) >= 11 is 0. The van der Waals surface area contributed by atoms with Gasteiger partial charge in [-0.05, 0) is 41.9 Å². The molecule has 3 rings (SSSR count). The van der Waals surface area contributed by atoms with E-state index in [0.29, 0.717) is 5.69 Å². The number of carbonyl (C=O) groups is 1. The zero-order valence-electron chi connectivity index (χ0n) is 12.8. The van der Waals surface area contributed by atoms with E-state index in [9.17, 15) is 4.79 Å². The van der Waals surface area contributed by atoms with Gasteiger partial charge in [0.15, 0.2) is 0 Å². The fourth-order valence-electron chi connectivity index (χ4n) is 2.55. The van der Waals surface area contributed by atoms with Crippen LogP contribution in [0.1, 0.15) is 29.4 Å². The van der Waals surface area contributed by atoms with Crippen LogP contribution in [0.25, 0.3) is 5.57 Å². The van der Waals surface area contributed by atoms with Gasteiger partial charge in [0.25, 0.3) is 0 Å². The summed E-state index contributed by atoms with van der Waals surface area (Å²) < 4.78 is 0. The molecule has 0 atom stereocenters. The van der Waals surface area contributed by atoms with E-state index in [4.69, 9.17) is 0 Å². The zero-order chi connectivity index (χ0) is 15.5. The summed E-state index contributed by atoms with van der Waals surface area (Å²) in [6, 6.07) is 3.79. The molecular formula is C19H18N2O. The Kier molecular flexibility index (Phi) is 3.88. The summed E-state index contributed by atoms with van der Waals surface area (Å²) in [6.45, 7) is 2.15. The van der Waals surface area contributed by atoms with Gasteiger partial charge in [-0.2, -0.15) is 0 Å². The van der Waals surface area contributed by atoms with Crippen LogP contribution < -0.4 is 0 Å². The monoisotopic (exact) mass is 290 g/mol. The van der Waals surface area contributed by atoms with E-state index in [1.54, 1.807) is 12.3 Å². The van der Waals surface area contributed by atoms with Crippen molar-refractivity contribution in [3.05, 3.63) is 83.5 Å². The van der Waals surface area contributed by atoms with Gasteiger partial charge in [0.1, 0.15) is 5.69 Å². The Morgan fingerprint density at radius 2 is 2.05 bits per heavy atom. The first-order valence-corrected chi connectivity index (χ1v) is 7.40. The third kappa shape index (κ3) is 2.70. The topological polar surface area (TPSA) is 33.2 Å². The lowest BCUT2D eigenvalue weighted by atomic mass is 9.95. The highest BCUT2D eigenvalue weighted by Crippen LogP contribution is 2.25. The number of hydrogen-bond acceptors (Lipinski definition) is 3.